The molecule has 5 nitrogen and oxygen atoms in total. The van der Waals surface area contributed by atoms with Gasteiger partial charge in [0.25, 0.3) is 0 Å². The van der Waals surface area contributed by atoms with Crippen molar-refractivity contribution in [3.8, 4) is 0 Å². The third-order valence-electron chi connectivity index (χ3n) is 3.20. The Kier molecular flexibility index (Phi) is 3.69. The zero-order valence-electron chi connectivity index (χ0n) is 10.8. The summed E-state index contributed by atoms with van der Waals surface area (Å²) in [5.41, 5.74) is 1.55. The molecule has 1 saturated carbocycles. The van der Waals surface area contributed by atoms with Gasteiger partial charge in [0.05, 0.1) is 4.92 Å². The Balaban J connectivity index is 2.44. The molecule has 0 unspecified atom stereocenters. The summed E-state index contributed by atoms with van der Waals surface area (Å²) < 4.78 is 0. The molecule has 5 heteroatoms. The first-order chi connectivity index (χ1) is 8.69. The van der Waals surface area contributed by atoms with Crippen LogP contribution in [0.5, 0.6) is 0 Å². The van der Waals surface area contributed by atoms with Gasteiger partial charge in [-0.15, -0.1) is 0 Å². The minimum atomic E-state index is -0.279. The quantitative estimate of drug-likeness (QED) is 0.622. The van der Waals surface area contributed by atoms with Crippen LogP contribution in [0.1, 0.15) is 26.7 Å². The Morgan fingerprint density at radius 3 is 2.67 bits per heavy atom. The van der Waals surface area contributed by atoms with Crippen molar-refractivity contribution in [3.05, 3.63) is 28.3 Å². The van der Waals surface area contributed by atoms with Crippen LogP contribution >= 0.6 is 0 Å². The van der Waals surface area contributed by atoms with Crippen molar-refractivity contribution < 1.29 is 4.92 Å². The average molecular weight is 249 g/mol. The minimum Gasteiger partial charge on any atom is -0.380 e. The van der Waals surface area contributed by atoms with Crippen LogP contribution in [0.15, 0.2) is 18.2 Å². The smallest absolute Gasteiger partial charge is 0.315 e. The van der Waals surface area contributed by atoms with E-state index in [4.69, 9.17) is 0 Å². The molecular formula is C13H19N3O2. The number of nitro benzene ring substituents is 1. The first kappa shape index (κ1) is 12.7. The monoisotopic (exact) mass is 249 g/mol. The Morgan fingerprint density at radius 1 is 1.44 bits per heavy atom. The van der Waals surface area contributed by atoms with Gasteiger partial charge in [0.1, 0.15) is 11.4 Å². The fraction of sp³-hybridized carbons (Fsp3) is 0.538. The Labute approximate surface area is 107 Å². The van der Waals surface area contributed by atoms with E-state index in [-0.39, 0.29) is 10.6 Å². The van der Waals surface area contributed by atoms with Crippen LogP contribution in [0, 0.1) is 10.1 Å². The van der Waals surface area contributed by atoms with Crippen LogP contribution < -0.4 is 10.2 Å². The summed E-state index contributed by atoms with van der Waals surface area (Å²) in [4.78, 5) is 13.2. The molecule has 0 bridgehead atoms. The van der Waals surface area contributed by atoms with Crippen molar-refractivity contribution in [3.63, 3.8) is 0 Å². The number of anilines is 2. The van der Waals surface area contributed by atoms with Crippen LogP contribution in [-0.4, -0.2) is 24.1 Å². The van der Waals surface area contributed by atoms with Gasteiger partial charge in [-0.3, -0.25) is 10.1 Å². The van der Waals surface area contributed by atoms with E-state index >= 15 is 0 Å². The number of para-hydroxylation sites is 1. The average Bonchev–Trinajstić information content (AvgIpc) is 3.15. The number of rotatable bonds is 6. The summed E-state index contributed by atoms with van der Waals surface area (Å²) in [5.74, 6) is 0. The number of nitrogens with one attached hydrogen (secondary N) is 1. The largest absolute Gasteiger partial charge is 0.380 e. The van der Waals surface area contributed by atoms with Gasteiger partial charge in [0, 0.05) is 19.1 Å². The Hall–Kier alpha value is -1.78. The van der Waals surface area contributed by atoms with Crippen molar-refractivity contribution in [1.29, 1.82) is 0 Å². The van der Waals surface area contributed by atoms with Crippen molar-refractivity contribution >= 4 is 17.1 Å². The van der Waals surface area contributed by atoms with Gasteiger partial charge in [0.15, 0.2) is 0 Å². The molecule has 0 aliphatic heterocycles. The molecule has 1 aliphatic carbocycles. The summed E-state index contributed by atoms with van der Waals surface area (Å²) in [6.07, 6.45) is 2.27. The van der Waals surface area contributed by atoms with Crippen molar-refractivity contribution in [1.82, 2.24) is 0 Å². The molecule has 1 aliphatic rings. The predicted molar refractivity (Wildman–Crippen MR) is 73.3 cm³/mol. The van der Waals surface area contributed by atoms with Crippen LogP contribution in [0.25, 0.3) is 0 Å². The summed E-state index contributed by atoms with van der Waals surface area (Å²) in [5, 5.41) is 14.4. The van der Waals surface area contributed by atoms with E-state index in [2.05, 4.69) is 10.2 Å². The highest BCUT2D eigenvalue weighted by Gasteiger charge is 2.33. The fourth-order valence-corrected chi connectivity index (χ4v) is 2.30. The molecule has 0 atom stereocenters. The van der Waals surface area contributed by atoms with Crippen molar-refractivity contribution in [2.24, 2.45) is 0 Å². The lowest BCUT2D eigenvalue weighted by Crippen LogP contribution is -2.26. The van der Waals surface area contributed by atoms with Gasteiger partial charge in [-0.2, -0.15) is 0 Å². The molecule has 1 fully saturated rings. The molecule has 0 heterocycles. The molecule has 2 rings (SSSR count). The first-order valence-corrected chi connectivity index (χ1v) is 6.47. The van der Waals surface area contributed by atoms with Gasteiger partial charge in [-0.25, -0.2) is 0 Å². The maximum Gasteiger partial charge on any atom is 0.315 e. The number of benzene rings is 1. The first-order valence-electron chi connectivity index (χ1n) is 6.47. The van der Waals surface area contributed by atoms with Crippen LogP contribution in [-0.2, 0) is 0 Å². The molecule has 0 saturated heterocycles. The molecule has 98 valence electrons. The summed E-state index contributed by atoms with van der Waals surface area (Å²) in [6.45, 7) is 5.47. The van der Waals surface area contributed by atoms with Gasteiger partial charge in [-0.1, -0.05) is 6.07 Å². The molecule has 1 N–H and O–H groups in total. The molecule has 0 amide bonds. The van der Waals surface area contributed by atoms with Crippen molar-refractivity contribution in [2.45, 2.75) is 32.7 Å². The number of hydrogen-bond acceptors (Lipinski definition) is 4. The van der Waals surface area contributed by atoms with Crippen molar-refractivity contribution in [2.75, 3.05) is 23.3 Å². The second kappa shape index (κ2) is 5.25. The maximum atomic E-state index is 11.3. The molecule has 0 radical (unpaired) electrons. The third-order valence-corrected chi connectivity index (χ3v) is 3.20. The molecular weight excluding hydrogens is 230 g/mol. The number of nitrogens with zero attached hydrogens (tertiary/aromatic N) is 2. The minimum absolute atomic E-state index is 0.202. The molecule has 1 aromatic carbocycles. The highest BCUT2D eigenvalue weighted by molar-refractivity contribution is 5.77. The lowest BCUT2D eigenvalue weighted by atomic mass is 10.2. The highest BCUT2D eigenvalue weighted by Crippen LogP contribution is 2.40. The normalized spacial score (nSPS) is 14.3. The highest BCUT2D eigenvalue weighted by atomic mass is 16.6. The maximum absolute atomic E-state index is 11.3. The molecule has 1 aromatic rings. The Morgan fingerprint density at radius 2 is 2.17 bits per heavy atom. The van der Waals surface area contributed by atoms with E-state index in [1.807, 2.05) is 26.0 Å². The number of nitro groups is 1. The predicted octanol–water partition coefficient (Wildman–Crippen LogP) is 3.02. The zero-order chi connectivity index (χ0) is 13.1. The summed E-state index contributed by atoms with van der Waals surface area (Å²) >= 11 is 0. The second-order valence-corrected chi connectivity index (χ2v) is 4.48. The molecule has 0 aromatic heterocycles. The van der Waals surface area contributed by atoms with E-state index in [9.17, 15) is 10.1 Å². The molecule has 18 heavy (non-hydrogen) atoms. The van der Waals surface area contributed by atoms with Crippen LogP contribution in [0.3, 0.4) is 0 Å². The second-order valence-electron chi connectivity index (χ2n) is 4.48. The third kappa shape index (κ3) is 2.39. The van der Waals surface area contributed by atoms with Crippen LogP contribution in [0.2, 0.25) is 0 Å². The lowest BCUT2D eigenvalue weighted by molar-refractivity contribution is -0.383. The number of hydrogen-bond donors (Lipinski definition) is 1. The van der Waals surface area contributed by atoms with Gasteiger partial charge in [0.2, 0.25) is 0 Å². The van der Waals surface area contributed by atoms with Gasteiger partial charge < -0.3 is 10.2 Å². The van der Waals surface area contributed by atoms with Gasteiger partial charge in [-0.05, 0) is 38.8 Å². The van der Waals surface area contributed by atoms with E-state index in [0.717, 1.165) is 25.1 Å². The zero-order valence-corrected chi connectivity index (χ0v) is 10.8. The van der Waals surface area contributed by atoms with E-state index in [1.165, 1.54) is 0 Å². The lowest BCUT2D eigenvalue weighted by Gasteiger charge is -2.23. The summed E-state index contributed by atoms with van der Waals surface area (Å²) in [6, 6.07) is 5.98. The van der Waals surface area contributed by atoms with Crippen LogP contribution in [0.4, 0.5) is 17.1 Å². The topological polar surface area (TPSA) is 58.4 Å². The fourth-order valence-electron chi connectivity index (χ4n) is 2.30. The van der Waals surface area contributed by atoms with Gasteiger partial charge >= 0.3 is 5.69 Å². The van der Waals surface area contributed by atoms with E-state index < -0.39 is 0 Å². The standard InChI is InChI=1S/C13H19N3O2/c1-3-14-11-6-5-7-12(13(11)16(17)18)15(4-2)10-8-9-10/h5-7,10,14H,3-4,8-9H2,1-2H3. The SMILES string of the molecule is CCNc1cccc(N(CC)C2CC2)c1[N+](=O)[O-]. The van der Waals surface area contributed by atoms with E-state index in [1.54, 1.807) is 6.07 Å². The summed E-state index contributed by atoms with van der Waals surface area (Å²) in [7, 11) is 0. The Bertz CT molecular complexity index is 444. The molecule has 0 spiro atoms. The van der Waals surface area contributed by atoms with E-state index in [0.29, 0.717) is 18.3 Å².